The minimum absolute atomic E-state index is 0.0652. The lowest BCUT2D eigenvalue weighted by molar-refractivity contribution is 0.0688. The summed E-state index contributed by atoms with van der Waals surface area (Å²) in [5.74, 6) is -1.07. The van der Waals surface area contributed by atoms with E-state index in [2.05, 4.69) is 24.7 Å². The number of nitrogens with zero attached hydrogens (tertiary/aromatic N) is 3. The fourth-order valence-corrected chi connectivity index (χ4v) is 3.49. The van der Waals surface area contributed by atoms with Crippen LogP contribution < -0.4 is 0 Å². The third-order valence-electron chi connectivity index (χ3n) is 2.67. The fraction of sp³-hybridized carbons (Fsp3) is 0. The number of fused-ring (bicyclic) bond motifs is 1. The van der Waals surface area contributed by atoms with Gasteiger partial charge in [-0.2, -0.15) is 8.73 Å². The van der Waals surface area contributed by atoms with Gasteiger partial charge in [0.05, 0.1) is 27.1 Å². The Morgan fingerprint density at radius 1 is 1.25 bits per heavy atom. The summed E-state index contributed by atoms with van der Waals surface area (Å²) in [6.07, 6.45) is 1.61. The molecule has 0 saturated carbocycles. The van der Waals surface area contributed by atoms with E-state index in [1.54, 1.807) is 6.20 Å². The first-order valence-electron chi connectivity index (χ1n) is 5.21. The summed E-state index contributed by atoms with van der Waals surface area (Å²) in [6.45, 7) is 0. The van der Waals surface area contributed by atoms with Crippen LogP contribution >= 0.6 is 39.1 Å². The molecule has 5 nitrogen and oxygen atoms in total. The monoisotopic (exact) mass is 391 g/mol. The first-order chi connectivity index (χ1) is 9.49. The highest BCUT2D eigenvalue weighted by Crippen LogP contribution is 2.46. The molecule has 0 amide bonds. The average Bonchev–Trinajstić information content (AvgIpc) is 2.96. The standard InChI is InChI=1S/C11H4BrCl2N3O2S/c12-4-1-7(11(18)19)17(3-4)10-6(14)2-5(13)8-9(10)16-20-15-8/h1-3H,(H,18,19). The molecule has 3 rings (SSSR count). The van der Waals surface area contributed by atoms with Crippen LogP contribution in [0.3, 0.4) is 0 Å². The third kappa shape index (κ3) is 2.10. The molecule has 0 bridgehead atoms. The van der Waals surface area contributed by atoms with E-state index < -0.39 is 5.97 Å². The first kappa shape index (κ1) is 13.8. The summed E-state index contributed by atoms with van der Waals surface area (Å²) in [5, 5.41) is 9.95. The van der Waals surface area contributed by atoms with Crippen molar-refractivity contribution in [1.29, 1.82) is 0 Å². The molecule has 1 aliphatic heterocycles. The molecule has 1 N–H and O–H groups in total. The minimum Gasteiger partial charge on any atom is -0.477 e. The predicted molar refractivity (Wildman–Crippen MR) is 82.0 cm³/mol. The maximum Gasteiger partial charge on any atom is 0.352 e. The molecular formula is C11H4BrCl2N3O2S. The van der Waals surface area contributed by atoms with Crippen molar-refractivity contribution in [3.63, 3.8) is 0 Å². The zero-order valence-corrected chi connectivity index (χ0v) is 13.4. The van der Waals surface area contributed by atoms with Crippen LogP contribution in [0.25, 0.3) is 5.69 Å². The van der Waals surface area contributed by atoms with E-state index in [1.165, 1.54) is 16.7 Å². The minimum atomic E-state index is -1.07. The highest BCUT2D eigenvalue weighted by Gasteiger charge is 2.23. The van der Waals surface area contributed by atoms with Crippen LogP contribution in [-0.2, 0) is 11.4 Å². The van der Waals surface area contributed by atoms with Gasteiger partial charge in [0.15, 0.2) is 0 Å². The zero-order chi connectivity index (χ0) is 14.4. The van der Waals surface area contributed by atoms with Crippen molar-refractivity contribution in [3.8, 4) is 5.69 Å². The number of rotatable bonds is 2. The summed E-state index contributed by atoms with van der Waals surface area (Å²) in [6, 6.07) is 3.01. The van der Waals surface area contributed by atoms with Crippen molar-refractivity contribution in [3.05, 3.63) is 38.5 Å². The van der Waals surface area contributed by atoms with E-state index in [-0.39, 0.29) is 5.69 Å². The Morgan fingerprint density at radius 2 is 1.95 bits per heavy atom. The normalized spacial score (nSPS) is 12.3. The average molecular weight is 393 g/mol. The fourth-order valence-electron chi connectivity index (χ4n) is 1.87. The van der Waals surface area contributed by atoms with Crippen LogP contribution in [0.2, 0.25) is 10.0 Å². The third-order valence-corrected chi connectivity index (χ3v) is 4.20. The van der Waals surface area contributed by atoms with Crippen molar-refractivity contribution < 1.29 is 9.90 Å². The summed E-state index contributed by atoms with van der Waals surface area (Å²) in [5.41, 5.74) is 1.48. The number of carbonyl (C=O) groups is 1. The van der Waals surface area contributed by atoms with Crippen molar-refractivity contribution in [2.24, 2.45) is 8.73 Å². The lowest BCUT2D eigenvalue weighted by atomic mass is 10.2. The van der Waals surface area contributed by atoms with Gasteiger partial charge < -0.3 is 9.67 Å². The quantitative estimate of drug-likeness (QED) is 0.668. The second-order valence-corrected chi connectivity index (χ2v) is 6.13. The maximum atomic E-state index is 11.3. The maximum absolute atomic E-state index is 11.3. The van der Waals surface area contributed by atoms with Gasteiger partial charge >= 0.3 is 5.97 Å². The Bertz CT molecular complexity index is 828. The van der Waals surface area contributed by atoms with Crippen molar-refractivity contribution in [1.82, 2.24) is 4.57 Å². The van der Waals surface area contributed by atoms with Crippen LogP contribution in [-0.4, -0.2) is 15.6 Å². The number of hydrogen-bond acceptors (Lipinski definition) is 3. The number of carboxylic acid groups (broad SMARTS) is 1. The van der Waals surface area contributed by atoms with E-state index in [1.807, 2.05) is 0 Å². The second-order valence-electron chi connectivity index (χ2n) is 3.87. The molecule has 1 aromatic heterocycles. The molecule has 9 heteroatoms. The first-order valence-corrected chi connectivity index (χ1v) is 7.49. The molecular weight excluding hydrogens is 389 g/mol. The zero-order valence-electron chi connectivity index (χ0n) is 9.47. The van der Waals surface area contributed by atoms with Gasteiger partial charge in [-0.25, -0.2) is 4.79 Å². The van der Waals surface area contributed by atoms with E-state index in [9.17, 15) is 9.90 Å². The highest BCUT2D eigenvalue weighted by atomic mass is 79.9. The molecule has 0 fully saturated rings. The number of aromatic nitrogens is 1. The summed E-state index contributed by atoms with van der Waals surface area (Å²) in [4.78, 5) is 11.3. The van der Waals surface area contributed by atoms with Crippen molar-refractivity contribution >= 4 is 67.8 Å². The van der Waals surface area contributed by atoms with E-state index >= 15 is 0 Å². The Kier molecular flexibility index (Phi) is 3.45. The number of carboxylic acids is 1. The van der Waals surface area contributed by atoms with Gasteiger partial charge in [-0.15, -0.1) is 0 Å². The second kappa shape index (κ2) is 5.00. The molecule has 2 aromatic rings. The van der Waals surface area contributed by atoms with Crippen LogP contribution in [0.4, 0.5) is 11.4 Å². The topological polar surface area (TPSA) is 66.9 Å². The number of halogens is 3. The number of hydrogen-bond donors (Lipinski definition) is 1. The largest absolute Gasteiger partial charge is 0.477 e. The van der Waals surface area contributed by atoms with Gasteiger partial charge in [-0.05, 0) is 28.1 Å². The molecule has 0 aliphatic carbocycles. The summed E-state index contributed by atoms with van der Waals surface area (Å²) < 4.78 is 10.3. The van der Waals surface area contributed by atoms with Crippen molar-refractivity contribution in [2.45, 2.75) is 0 Å². The molecule has 0 unspecified atom stereocenters. The van der Waals surface area contributed by atoms with Crippen LogP contribution in [0.15, 0.2) is 31.5 Å². The Hall–Kier alpha value is -1.15. The smallest absolute Gasteiger partial charge is 0.352 e. The molecule has 1 aromatic carbocycles. The van der Waals surface area contributed by atoms with Crippen molar-refractivity contribution in [2.75, 3.05) is 0 Å². The molecule has 0 radical (unpaired) electrons. The lowest BCUT2D eigenvalue weighted by Crippen LogP contribution is -2.06. The Balaban J connectivity index is 2.35. The van der Waals surface area contributed by atoms with Gasteiger partial charge in [0.25, 0.3) is 0 Å². The van der Waals surface area contributed by atoms with Crippen LogP contribution in [0.5, 0.6) is 0 Å². The molecule has 0 saturated heterocycles. The van der Waals surface area contributed by atoms with Gasteiger partial charge in [-0.3, -0.25) is 0 Å². The van der Waals surface area contributed by atoms with Gasteiger partial charge in [-0.1, -0.05) is 23.2 Å². The molecule has 0 spiro atoms. The Morgan fingerprint density at radius 3 is 2.65 bits per heavy atom. The predicted octanol–water partition coefficient (Wildman–Crippen LogP) is 4.97. The molecule has 2 heterocycles. The van der Waals surface area contributed by atoms with Gasteiger partial charge in [0.1, 0.15) is 17.1 Å². The highest BCUT2D eigenvalue weighted by molar-refractivity contribution is 9.10. The van der Waals surface area contributed by atoms with E-state index in [4.69, 9.17) is 23.2 Å². The van der Waals surface area contributed by atoms with Crippen LogP contribution in [0, 0.1) is 0 Å². The SMILES string of the molecule is O=C(O)c1cc(Br)cn1-c1c(Cl)cc(Cl)c2c1N=S=N2. The molecule has 102 valence electrons. The van der Waals surface area contributed by atoms with E-state index in [0.29, 0.717) is 31.6 Å². The number of aromatic carboxylic acids is 1. The molecule has 0 atom stereocenters. The van der Waals surface area contributed by atoms with Gasteiger partial charge in [0, 0.05) is 10.7 Å². The van der Waals surface area contributed by atoms with E-state index in [0.717, 1.165) is 11.4 Å². The van der Waals surface area contributed by atoms with Gasteiger partial charge in [0.2, 0.25) is 0 Å². The summed E-state index contributed by atoms with van der Waals surface area (Å²) in [7, 11) is 0. The lowest BCUT2D eigenvalue weighted by Gasteiger charge is -2.12. The molecule has 20 heavy (non-hydrogen) atoms. The summed E-state index contributed by atoms with van der Waals surface area (Å²) >= 11 is 16.5. The molecule has 1 aliphatic rings. The Labute approximate surface area is 135 Å². The van der Waals surface area contributed by atoms with Crippen LogP contribution in [0.1, 0.15) is 10.5 Å². The number of benzene rings is 1.